The number of hydrogen-bond acceptors (Lipinski definition) is 3. The number of carbonyl (C=O) groups excluding carboxylic acids is 1. The van der Waals surface area contributed by atoms with E-state index >= 15 is 0 Å². The number of hydrogen-bond donors (Lipinski definition) is 2. The smallest absolute Gasteiger partial charge is 0.267 e. The van der Waals surface area contributed by atoms with Crippen molar-refractivity contribution in [2.24, 2.45) is 17.8 Å². The lowest BCUT2D eigenvalue weighted by Gasteiger charge is -2.56. The molecule has 4 bridgehead atoms. The summed E-state index contributed by atoms with van der Waals surface area (Å²) in [5.74, 6) is 1.56. The fourth-order valence-corrected chi connectivity index (χ4v) is 5.39. The minimum Gasteiger partial charge on any atom is -0.384 e. The molecule has 25 heavy (non-hydrogen) atoms. The molecule has 0 saturated heterocycles. The van der Waals surface area contributed by atoms with Crippen molar-refractivity contribution in [1.29, 1.82) is 5.26 Å². The molecular weight excluding hydrogens is 317 g/mol. The molecule has 4 aliphatic carbocycles. The van der Waals surface area contributed by atoms with Crippen LogP contribution in [0.25, 0.3) is 0 Å². The Bertz CT molecular complexity index is 712. The Hall–Kier alpha value is -2.35. The molecular formula is C20H22FN3O. The third-order valence-corrected chi connectivity index (χ3v) is 6.03. The zero-order valence-corrected chi connectivity index (χ0v) is 14.1. The molecule has 5 rings (SSSR count). The molecule has 0 unspecified atom stereocenters. The lowest BCUT2D eigenvalue weighted by Crippen LogP contribution is -2.57. The van der Waals surface area contributed by atoms with E-state index in [1.54, 1.807) is 6.20 Å². The van der Waals surface area contributed by atoms with Gasteiger partial charge in [-0.2, -0.15) is 5.26 Å². The number of halogens is 1. The average Bonchev–Trinajstić information content (AvgIpc) is 2.56. The Morgan fingerprint density at radius 1 is 1.12 bits per heavy atom. The Kier molecular flexibility index (Phi) is 3.99. The highest BCUT2D eigenvalue weighted by Crippen LogP contribution is 2.55. The van der Waals surface area contributed by atoms with E-state index in [1.165, 1.54) is 43.5 Å². The van der Waals surface area contributed by atoms with E-state index in [-0.39, 0.29) is 16.9 Å². The molecule has 130 valence electrons. The topological polar surface area (TPSA) is 64.9 Å². The highest BCUT2D eigenvalue weighted by atomic mass is 19.1. The van der Waals surface area contributed by atoms with Crippen molar-refractivity contribution in [3.05, 3.63) is 41.9 Å². The summed E-state index contributed by atoms with van der Waals surface area (Å²) in [6.07, 6.45) is 9.07. The quantitative estimate of drug-likeness (QED) is 0.649. The molecule has 1 amide bonds. The van der Waals surface area contributed by atoms with Crippen molar-refractivity contribution in [2.45, 2.75) is 44.1 Å². The summed E-state index contributed by atoms with van der Waals surface area (Å²) in [6.45, 7) is 0. The molecule has 4 aliphatic rings. The molecule has 2 N–H and O–H groups in total. The molecule has 0 heterocycles. The van der Waals surface area contributed by atoms with Gasteiger partial charge in [0, 0.05) is 17.4 Å². The van der Waals surface area contributed by atoms with Gasteiger partial charge < -0.3 is 10.6 Å². The Labute approximate surface area is 147 Å². The van der Waals surface area contributed by atoms with Crippen LogP contribution < -0.4 is 10.6 Å². The molecule has 1 aromatic carbocycles. The van der Waals surface area contributed by atoms with Crippen LogP contribution in [0.3, 0.4) is 0 Å². The number of nitrogens with zero attached hydrogens (tertiary/aromatic N) is 1. The van der Waals surface area contributed by atoms with Gasteiger partial charge in [-0.15, -0.1) is 0 Å². The van der Waals surface area contributed by atoms with Crippen LogP contribution in [0.2, 0.25) is 0 Å². The average molecular weight is 339 g/mol. The van der Waals surface area contributed by atoms with Crippen molar-refractivity contribution in [1.82, 2.24) is 5.32 Å². The standard InChI is InChI=1S/C20H22FN3O/c21-17-1-3-18(4-2-17)24-19(25)16(11-22)12-23-20-8-13-5-14(9-20)7-15(6-13)10-20/h1-4,12-15,23H,5-10H2,(H,24,25)/b16-12-. The predicted octanol–water partition coefficient (Wildman–Crippen LogP) is 3.73. The molecule has 0 atom stereocenters. The first kappa shape index (κ1) is 16.1. The first-order valence-electron chi connectivity index (χ1n) is 9.00. The van der Waals surface area contributed by atoms with Crippen LogP contribution in [0.15, 0.2) is 36.0 Å². The van der Waals surface area contributed by atoms with E-state index < -0.39 is 5.91 Å². The second-order valence-electron chi connectivity index (χ2n) is 7.97. The van der Waals surface area contributed by atoms with E-state index in [9.17, 15) is 14.4 Å². The van der Waals surface area contributed by atoms with Gasteiger partial charge in [0.2, 0.25) is 0 Å². The second-order valence-corrected chi connectivity index (χ2v) is 7.97. The van der Waals surface area contributed by atoms with E-state index in [4.69, 9.17) is 0 Å². The lowest BCUT2D eigenvalue weighted by atomic mass is 9.53. The number of carbonyl (C=O) groups is 1. The van der Waals surface area contributed by atoms with Crippen LogP contribution >= 0.6 is 0 Å². The lowest BCUT2D eigenvalue weighted by molar-refractivity contribution is -0.112. The zero-order chi connectivity index (χ0) is 17.4. The zero-order valence-electron chi connectivity index (χ0n) is 14.1. The number of nitrogens with one attached hydrogen (secondary N) is 2. The van der Waals surface area contributed by atoms with Crippen LogP contribution in [0.4, 0.5) is 10.1 Å². The van der Waals surface area contributed by atoms with Gasteiger partial charge in [0.15, 0.2) is 0 Å². The summed E-state index contributed by atoms with van der Waals surface area (Å²) in [5, 5.41) is 15.4. The monoisotopic (exact) mass is 339 g/mol. The van der Waals surface area contributed by atoms with Gasteiger partial charge in [0.05, 0.1) is 0 Å². The van der Waals surface area contributed by atoms with Crippen molar-refractivity contribution < 1.29 is 9.18 Å². The summed E-state index contributed by atoms with van der Waals surface area (Å²) < 4.78 is 12.9. The summed E-state index contributed by atoms with van der Waals surface area (Å²) in [4.78, 5) is 12.3. The molecule has 4 saturated carbocycles. The molecule has 0 spiro atoms. The second kappa shape index (κ2) is 6.18. The largest absolute Gasteiger partial charge is 0.384 e. The maximum absolute atomic E-state index is 12.9. The fourth-order valence-electron chi connectivity index (χ4n) is 5.39. The van der Waals surface area contributed by atoms with Gasteiger partial charge in [-0.1, -0.05) is 0 Å². The van der Waals surface area contributed by atoms with E-state index in [0.29, 0.717) is 5.69 Å². The summed E-state index contributed by atoms with van der Waals surface area (Å²) >= 11 is 0. The fraction of sp³-hybridized carbons (Fsp3) is 0.500. The maximum atomic E-state index is 12.9. The van der Waals surface area contributed by atoms with Crippen molar-refractivity contribution in [3.8, 4) is 6.07 Å². The minimum absolute atomic E-state index is 0.0556. The van der Waals surface area contributed by atoms with Crippen molar-refractivity contribution in [3.63, 3.8) is 0 Å². The van der Waals surface area contributed by atoms with Crippen molar-refractivity contribution in [2.75, 3.05) is 5.32 Å². The van der Waals surface area contributed by atoms with Crippen LogP contribution in [0, 0.1) is 34.9 Å². The number of amides is 1. The van der Waals surface area contributed by atoms with Crippen molar-refractivity contribution >= 4 is 11.6 Å². The van der Waals surface area contributed by atoms with Gasteiger partial charge in [-0.05, 0) is 80.5 Å². The number of benzene rings is 1. The SMILES string of the molecule is N#C/C(=C/NC12CC3CC(CC(C3)C1)C2)C(=O)Nc1ccc(F)cc1. The number of rotatable bonds is 4. The van der Waals surface area contributed by atoms with Gasteiger partial charge in [0.1, 0.15) is 17.5 Å². The van der Waals surface area contributed by atoms with Gasteiger partial charge in [0.25, 0.3) is 5.91 Å². The van der Waals surface area contributed by atoms with Gasteiger partial charge in [-0.25, -0.2) is 4.39 Å². The molecule has 0 radical (unpaired) electrons. The molecule has 0 aliphatic heterocycles. The number of anilines is 1. The molecule has 1 aromatic rings. The maximum Gasteiger partial charge on any atom is 0.267 e. The van der Waals surface area contributed by atoms with Crippen LogP contribution in [-0.2, 0) is 4.79 Å². The molecule has 5 heteroatoms. The normalized spacial score (nSPS) is 33.0. The van der Waals surface area contributed by atoms with Crippen LogP contribution in [0.5, 0.6) is 0 Å². The Morgan fingerprint density at radius 3 is 2.20 bits per heavy atom. The highest BCUT2D eigenvalue weighted by molar-refractivity contribution is 6.06. The highest BCUT2D eigenvalue weighted by Gasteiger charge is 2.50. The predicted molar refractivity (Wildman–Crippen MR) is 92.8 cm³/mol. The summed E-state index contributed by atoms with van der Waals surface area (Å²) in [7, 11) is 0. The van der Waals surface area contributed by atoms with Gasteiger partial charge in [-0.3, -0.25) is 4.79 Å². The Balaban J connectivity index is 1.45. The Morgan fingerprint density at radius 2 is 1.68 bits per heavy atom. The molecule has 0 aromatic heterocycles. The first-order valence-corrected chi connectivity index (χ1v) is 9.00. The van der Waals surface area contributed by atoms with E-state index in [2.05, 4.69) is 10.6 Å². The summed E-state index contributed by atoms with van der Waals surface area (Å²) in [5.41, 5.74) is 0.593. The molecule has 4 nitrogen and oxygen atoms in total. The van der Waals surface area contributed by atoms with Crippen LogP contribution in [-0.4, -0.2) is 11.4 Å². The van der Waals surface area contributed by atoms with Gasteiger partial charge >= 0.3 is 0 Å². The van der Waals surface area contributed by atoms with E-state index in [0.717, 1.165) is 37.0 Å². The first-order chi connectivity index (χ1) is 12.0. The van der Waals surface area contributed by atoms with E-state index in [1.807, 2.05) is 6.07 Å². The third kappa shape index (κ3) is 3.26. The molecule has 4 fully saturated rings. The third-order valence-electron chi connectivity index (χ3n) is 6.03. The van der Waals surface area contributed by atoms with Crippen LogP contribution in [0.1, 0.15) is 38.5 Å². The number of nitriles is 1. The minimum atomic E-state index is -0.466. The summed E-state index contributed by atoms with van der Waals surface area (Å²) in [6, 6.07) is 7.49.